The molecular weight excluding hydrogens is 272 g/mol. The predicted octanol–water partition coefficient (Wildman–Crippen LogP) is 0.776. The van der Waals surface area contributed by atoms with Crippen molar-refractivity contribution in [3.63, 3.8) is 0 Å². The second kappa shape index (κ2) is 6.03. The highest BCUT2D eigenvalue weighted by Gasteiger charge is 2.30. The van der Waals surface area contributed by atoms with E-state index >= 15 is 0 Å². The highest BCUT2D eigenvalue weighted by atomic mass is 35.5. The average molecular weight is 289 g/mol. The fourth-order valence-electron chi connectivity index (χ4n) is 2.27. The number of nitrogens with two attached hydrogens (primary N) is 1. The van der Waals surface area contributed by atoms with E-state index in [1.54, 1.807) is 4.90 Å². The van der Waals surface area contributed by atoms with Crippen LogP contribution in [-0.4, -0.2) is 39.9 Å². The van der Waals surface area contributed by atoms with Crippen LogP contribution in [0.3, 0.4) is 0 Å². The van der Waals surface area contributed by atoms with E-state index < -0.39 is 4.92 Å². The topological polar surface area (TPSA) is 94.4 Å². The molecule has 0 radical (unpaired) electrons. The third kappa shape index (κ3) is 2.87. The molecule has 0 bridgehead atoms. The lowest BCUT2D eigenvalue weighted by Crippen LogP contribution is -2.31. The largest absolute Gasteiger partial charge is 0.358 e. The molecule has 1 fully saturated rings. The van der Waals surface area contributed by atoms with Crippen LogP contribution in [0.25, 0.3) is 0 Å². The summed E-state index contributed by atoms with van der Waals surface area (Å²) in [5, 5.41) is 10.7. The summed E-state index contributed by atoms with van der Waals surface area (Å²) in [5.41, 5.74) is 5.92. The molecule has 106 valence electrons. The molecule has 1 atom stereocenters. The first-order valence-electron chi connectivity index (χ1n) is 5.84. The lowest BCUT2D eigenvalue weighted by atomic mass is 10.1. The molecule has 0 spiro atoms. The maximum absolute atomic E-state index is 12.2. The maximum Gasteiger partial charge on any atom is 0.323 e. The van der Waals surface area contributed by atoms with Gasteiger partial charge in [0.15, 0.2) is 5.69 Å². The van der Waals surface area contributed by atoms with E-state index in [0.717, 1.165) is 6.42 Å². The van der Waals surface area contributed by atoms with Crippen LogP contribution in [-0.2, 0) is 7.05 Å². The minimum Gasteiger partial charge on any atom is -0.358 e. The molecule has 7 nitrogen and oxygen atoms in total. The summed E-state index contributed by atoms with van der Waals surface area (Å²) in [6.07, 6.45) is 0.898. The van der Waals surface area contributed by atoms with Crippen LogP contribution in [0.15, 0.2) is 12.1 Å². The first-order chi connectivity index (χ1) is 8.54. The molecule has 0 aromatic carbocycles. The molecular formula is C11H17ClN4O3. The Morgan fingerprint density at radius 2 is 2.26 bits per heavy atom. The Labute approximate surface area is 116 Å². The highest BCUT2D eigenvalue weighted by Crippen LogP contribution is 2.21. The number of rotatable bonds is 3. The Kier molecular flexibility index (Phi) is 4.90. The lowest BCUT2D eigenvalue weighted by molar-refractivity contribution is -0.391. The van der Waals surface area contributed by atoms with Crippen LogP contribution >= 0.6 is 12.4 Å². The van der Waals surface area contributed by atoms with Crippen molar-refractivity contribution in [3.05, 3.63) is 27.9 Å². The molecule has 0 aliphatic carbocycles. The number of hydrogen-bond acceptors (Lipinski definition) is 4. The normalized spacial score (nSPS) is 18.2. The molecule has 1 amide bonds. The molecule has 1 aliphatic heterocycles. The number of hydrogen-bond donors (Lipinski definition) is 1. The average Bonchev–Trinajstić information content (AvgIpc) is 2.94. The summed E-state index contributed by atoms with van der Waals surface area (Å²) in [5.74, 6) is 0.0960. The third-order valence-corrected chi connectivity index (χ3v) is 3.41. The van der Waals surface area contributed by atoms with Crippen LogP contribution in [0.1, 0.15) is 16.9 Å². The van der Waals surface area contributed by atoms with Crippen LogP contribution in [0.4, 0.5) is 5.82 Å². The molecule has 1 saturated heterocycles. The smallest absolute Gasteiger partial charge is 0.323 e. The number of likely N-dealkylation sites (tertiary alicyclic amines) is 1. The van der Waals surface area contributed by atoms with Gasteiger partial charge in [-0.15, -0.1) is 12.4 Å². The number of amides is 1. The summed E-state index contributed by atoms with van der Waals surface area (Å²) in [6.45, 7) is 1.87. The van der Waals surface area contributed by atoms with Gasteiger partial charge in [-0.05, 0) is 29.9 Å². The monoisotopic (exact) mass is 288 g/mol. The van der Waals surface area contributed by atoms with Crippen LogP contribution in [0, 0.1) is 16.0 Å². The highest BCUT2D eigenvalue weighted by molar-refractivity contribution is 5.93. The van der Waals surface area contributed by atoms with Gasteiger partial charge in [-0.2, -0.15) is 0 Å². The Balaban J connectivity index is 0.00000180. The predicted molar refractivity (Wildman–Crippen MR) is 72.4 cm³/mol. The Hall–Kier alpha value is -1.60. The molecule has 1 aromatic rings. The van der Waals surface area contributed by atoms with Crippen LogP contribution < -0.4 is 5.73 Å². The molecule has 2 rings (SSSR count). The van der Waals surface area contributed by atoms with Crippen molar-refractivity contribution in [2.45, 2.75) is 6.42 Å². The molecule has 19 heavy (non-hydrogen) atoms. The van der Waals surface area contributed by atoms with Gasteiger partial charge in [0.05, 0.1) is 7.05 Å². The minimum absolute atomic E-state index is 0. The van der Waals surface area contributed by atoms with Crippen molar-refractivity contribution < 1.29 is 9.72 Å². The zero-order valence-corrected chi connectivity index (χ0v) is 11.4. The minimum atomic E-state index is -0.497. The summed E-state index contributed by atoms with van der Waals surface area (Å²) >= 11 is 0. The van der Waals surface area contributed by atoms with Crippen molar-refractivity contribution in [1.82, 2.24) is 9.47 Å². The van der Waals surface area contributed by atoms with Crippen molar-refractivity contribution in [1.29, 1.82) is 0 Å². The molecule has 1 unspecified atom stereocenters. The van der Waals surface area contributed by atoms with E-state index in [1.807, 2.05) is 0 Å². The molecule has 2 heterocycles. The zero-order chi connectivity index (χ0) is 13.3. The summed E-state index contributed by atoms with van der Waals surface area (Å²) in [4.78, 5) is 24.1. The van der Waals surface area contributed by atoms with Gasteiger partial charge < -0.3 is 20.7 Å². The summed E-state index contributed by atoms with van der Waals surface area (Å²) in [6, 6.07) is 2.85. The molecule has 8 heteroatoms. The number of carbonyl (C=O) groups excluding carboxylic acids is 1. The number of nitro groups is 1. The van der Waals surface area contributed by atoms with E-state index in [1.165, 1.54) is 23.7 Å². The first kappa shape index (κ1) is 15.5. The molecule has 2 N–H and O–H groups in total. The zero-order valence-electron chi connectivity index (χ0n) is 10.6. The van der Waals surface area contributed by atoms with Crippen molar-refractivity contribution in [2.75, 3.05) is 19.6 Å². The molecule has 0 saturated carbocycles. The van der Waals surface area contributed by atoms with Crippen molar-refractivity contribution in [3.8, 4) is 0 Å². The van der Waals surface area contributed by atoms with Crippen LogP contribution in [0.2, 0.25) is 0 Å². The number of halogens is 1. The Morgan fingerprint density at radius 3 is 2.74 bits per heavy atom. The van der Waals surface area contributed by atoms with Crippen molar-refractivity contribution >= 4 is 24.1 Å². The maximum atomic E-state index is 12.2. The van der Waals surface area contributed by atoms with E-state index in [9.17, 15) is 14.9 Å². The fourth-order valence-corrected chi connectivity index (χ4v) is 2.27. The standard InChI is InChI=1S/C11H16N4O3.ClH/c1-13-9(2-3-10(13)15(17)18)11(16)14-5-4-8(6-12)7-14;/h2-3,8H,4-7,12H2,1H3;1H. The number of aromatic nitrogens is 1. The quantitative estimate of drug-likeness (QED) is 0.657. The van der Waals surface area contributed by atoms with E-state index in [0.29, 0.717) is 31.2 Å². The van der Waals surface area contributed by atoms with Gasteiger partial charge >= 0.3 is 5.82 Å². The SMILES string of the molecule is Cl.Cn1c(C(=O)N2CCC(CN)C2)ccc1[N+](=O)[O-]. The molecule has 1 aliphatic rings. The summed E-state index contributed by atoms with van der Waals surface area (Å²) in [7, 11) is 1.53. The second-order valence-corrected chi connectivity index (χ2v) is 4.53. The van der Waals surface area contributed by atoms with E-state index in [-0.39, 0.29) is 24.1 Å². The lowest BCUT2D eigenvalue weighted by Gasteiger charge is -2.14. The third-order valence-electron chi connectivity index (χ3n) is 3.41. The van der Waals surface area contributed by atoms with Gasteiger partial charge in [0.25, 0.3) is 5.91 Å². The van der Waals surface area contributed by atoms with Crippen LogP contribution in [0.5, 0.6) is 0 Å². The molecule has 1 aromatic heterocycles. The fraction of sp³-hybridized carbons (Fsp3) is 0.545. The van der Waals surface area contributed by atoms with Gasteiger partial charge in [-0.25, -0.2) is 4.57 Å². The number of nitrogens with zero attached hydrogens (tertiary/aromatic N) is 3. The summed E-state index contributed by atoms with van der Waals surface area (Å²) < 4.78 is 1.32. The first-order valence-corrected chi connectivity index (χ1v) is 5.84. The van der Waals surface area contributed by atoms with Gasteiger partial charge in [0.1, 0.15) is 0 Å². The Bertz CT molecular complexity index is 488. The Morgan fingerprint density at radius 1 is 1.58 bits per heavy atom. The number of carbonyl (C=O) groups is 1. The van der Waals surface area contributed by atoms with Gasteiger partial charge in [0, 0.05) is 19.2 Å². The van der Waals surface area contributed by atoms with E-state index in [2.05, 4.69) is 0 Å². The van der Waals surface area contributed by atoms with E-state index in [4.69, 9.17) is 5.73 Å². The van der Waals surface area contributed by atoms with Gasteiger partial charge in [-0.1, -0.05) is 0 Å². The van der Waals surface area contributed by atoms with Gasteiger partial charge in [-0.3, -0.25) is 4.79 Å². The van der Waals surface area contributed by atoms with Gasteiger partial charge in [0.2, 0.25) is 0 Å². The second-order valence-electron chi connectivity index (χ2n) is 4.53. The van der Waals surface area contributed by atoms with Crippen molar-refractivity contribution in [2.24, 2.45) is 18.7 Å².